The van der Waals surface area contributed by atoms with E-state index in [9.17, 15) is 4.79 Å². The van der Waals surface area contributed by atoms with E-state index in [4.69, 9.17) is 4.74 Å². The molecule has 2 aliphatic rings. The normalized spacial score (nSPS) is 30.4. The Bertz CT molecular complexity index is 928. The number of nitrogens with zero attached hydrogens (tertiary/aromatic N) is 3. The Kier molecular flexibility index (Phi) is 7.78. The molecule has 1 aliphatic carbocycles. The molecule has 35 heavy (non-hydrogen) atoms. The Morgan fingerprint density at radius 1 is 0.971 bits per heavy atom. The molecule has 1 fully saturated rings. The van der Waals surface area contributed by atoms with Gasteiger partial charge < -0.3 is 4.74 Å². The summed E-state index contributed by atoms with van der Waals surface area (Å²) in [5.41, 5.74) is 0.943. The highest BCUT2D eigenvalue weighted by Crippen LogP contribution is 2.50. The SMILES string of the molecule is CC1CC(C(C)(C)C)C(OC(=O)C(Br)C2(c3ccc(C(C)(C)C)cc3)N=CN=N2)C(C(C)(C)C)C1. The Labute approximate surface area is 220 Å². The smallest absolute Gasteiger partial charge is 0.325 e. The van der Waals surface area contributed by atoms with Crippen LogP contribution >= 0.6 is 15.9 Å². The molecule has 1 heterocycles. The first kappa shape index (κ1) is 28.0. The number of alkyl halides is 1. The zero-order valence-corrected chi connectivity index (χ0v) is 24.8. The Balaban J connectivity index is 1.94. The van der Waals surface area contributed by atoms with Crippen LogP contribution in [0, 0.1) is 28.6 Å². The molecule has 6 heteroatoms. The fourth-order valence-electron chi connectivity index (χ4n) is 5.59. The van der Waals surface area contributed by atoms with Crippen molar-refractivity contribution in [3.05, 3.63) is 35.4 Å². The third kappa shape index (κ3) is 5.89. The maximum absolute atomic E-state index is 13.8. The highest BCUT2D eigenvalue weighted by molar-refractivity contribution is 9.10. The number of benzene rings is 1. The van der Waals surface area contributed by atoms with E-state index in [1.165, 1.54) is 11.9 Å². The molecule has 1 aliphatic heterocycles. The zero-order chi connectivity index (χ0) is 26.4. The first-order valence-electron chi connectivity index (χ1n) is 12.9. The maximum atomic E-state index is 13.8. The summed E-state index contributed by atoms with van der Waals surface area (Å²) >= 11 is 3.66. The zero-order valence-electron chi connectivity index (χ0n) is 23.2. The van der Waals surface area contributed by atoms with Gasteiger partial charge in [-0.1, -0.05) is 109 Å². The Hall–Kier alpha value is -1.56. The standard InChI is InChI=1S/C29H44BrN3O2/c1-18-15-21(27(5,6)7)23(22(16-18)28(8,9)10)35-25(34)24(30)29(31-17-32-33-29)20-13-11-19(12-14-20)26(2,3)4/h11-14,17-18,21-24H,15-16H2,1-10H3. The quantitative estimate of drug-likeness (QED) is 0.283. The molecule has 0 aromatic heterocycles. The van der Waals surface area contributed by atoms with Crippen molar-refractivity contribution in [2.24, 2.45) is 43.8 Å². The minimum absolute atomic E-state index is 0.0244. The van der Waals surface area contributed by atoms with Gasteiger partial charge in [0.1, 0.15) is 12.4 Å². The van der Waals surface area contributed by atoms with E-state index in [1.54, 1.807) is 0 Å². The summed E-state index contributed by atoms with van der Waals surface area (Å²) in [5.74, 6) is 0.815. The van der Waals surface area contributed by atoms with Crippen LogP contribution in [0.15, 0.2) is 39.5 Å². The second kappa shape index (κ2) is 9.72. The molecule has 0 bridgehead atoms. The third-order valence-corrected chi connectivity index (χ3v) is 8.85. The summed E-state index contributed by atoms with van der Waals surface area (Å²) in [6.45, 7) is 22.4. The molecular formula is C29H44BrN3O2. The molecule has 194 valence electrons. The number of carbonyl (C=O) groups excluding carboxylic acids is 1. The number of aliphatic imine (C=N–C) groups is 1. The summed E-state index contributed by atoms with van der Waals surface area (Å²) in [5, 5.41) is 8.49. The summed E-state index contributed by atoms with van der Waals surface area (Å²) in [6, 6.07) is 8.17. The Morgan fingerprint density at radius 2 is 1.49 bits per heavy atom. The van der Waals surface area contributed by atoms with Crippen LogP contribution in [0.25, 0.3) is 0 Å². The van der Waals surface area contributed by atoms with Crippen LogP contribution < -0.4 is 0 Å². The largest absolute Gasteiger partial charge is 0.461 e. The minimum atomic E-state index is -1.16. The van der Waals surface area contributed by atoms with E-state index in [2.05, 4.69) is 113 Å². The predicted octanol–water partition coefficient (Wildman–Crippen LogP) is 8.06. The lowest BCUT2D eigenvalue weighted by atomic mass is 9.59. The van der Waals surface area contributed by atoms with Crippen molar-refractivity contribution < 1.29 is 9.53 Å². The van der Waals surface area contributed by atoms with Gasteiger partial charge in [-0.25, -0.2) is 4.99 Å². The number of halogens is 1. The van der Waals surface area contributed by atoms with E-state index >= 15 is 0 Å². The summed E-state index contributed by atoms with van der Waals surface area (Å²) < 4.78 is 6.46. The molecule has 1 saturated carbocycles. The second-order valence-corrected chi connectivity index (χ2v) is 14.7. The first-order valence-corrected chi connectivity index (χ1v) is 13.8. The average molecular weight is 547 g/mol. The molecule has 0 spiro atoms. The van der Waals surface area contributed by atoms with Crippen molar-refractivity contribution in [3.63, 3.8) is 0 Å². The van der Waals surface area contributed by atoms with Crippen molar-refractivity contribution in [3.8, 4) is 0 Å². The predicted molar refractivity (Wildman–Crippen MR) is 147 cm³/mol. The molecule has 5 nitrogen and oxygen atoms in total. The van der Waals surface area contributed by atoms with Crippen LogP contribution in [-0.2, 0) is 20.6 Å². The van der Waals surface area contributed by atoms with Crippen molar-refractivity contribution >= 4 is 28.2 Å². The van der Waals surface area contributed by atoms with Gasteiger partial charge >= 0.3 is 5.97 Å². The molecule has 1 aromatic carbocycles. The first-order chi connectivity index (χ1) is 16.0. The van der Waals surface area contributed by atoms with Gasteiger partial charge in [0.15, 0.2) is 4.83 Å². The van der Waals surface area contributed by atoms with Crippen molar-refractivity contribution in [2.75, 3.05) is 0 Å². The second-order valence-electron chi connectivity index (χ2n) is 13.8. The Morgan fingerprint density at radius 3 is 1.89 bits per heavy atom. The number of esters is 1. The average Bonchev–Trinajstić information content (AvgIpc) is 3.23. The van der Waals surface area contributed by atoms with Crippen LogP contribution in [0.2, 0.25) is 0 Å². The molecule has 4 atom stereocenters. The number of hydrogen-bond acceptors (Lipinski definition) is 5. The van der Waals surface area contributed by atoms with Gasteiger partial charge in [-0.2, -0.15) is 0 Å². The molecule has 3 rings (SSSR count). The van der Waals surface area contributed by atoms with Gasteiger partial charge in [0.25, 0.3) is 0 Å². The molecule has 1 aromatic rings. The molecule has 4 unspecified atom stereocenters. The van der Waals surface area contributed by atoms with Crippen LogP contribution in [0.4, 0.5) is 0 Å². The lowest BCUT2D eigenvalue weighted by Crippen LogP contribution is -2.51. The summed E-state index contributed by atoms with van der Waals surface area (Å²) in [4.78, 5) is 17.6. The molecular weight excluding hydrogens is 502 g/mol. The number of ether oxygens (including phenoxy) is 1. The van der Waals surface area contributed by atoms with E-state index in [0.29, 0.717) is 5.92 Å². The molecule has 0 amide bonds. The van der Waals surface area contributed by atoms with Crippen molar-refractivity contribution in [1.29, 1.82) is 0 Å². The third-order valence-electron chi connectivity index (χ3n) is 7.84. The molecule has 0 saturated heterocycles. The van der Waals surface area contributed by atoms with Crippen LogP contribution in [0.1, 0.15) is 93.2 Å². The van der Waals surface area contributed by atoms with E-state index in [0.717, 1.165) is 18.4 Å². The monoisotopic (exact) mass is 545 g/mol. The van der Waals surface area contributed by atoms with E-state index < -0.39 is 10.5 Å². The van der Waals surface area contributed by atoms with Gasteiger partial charge in [0.05, 0.1) is 0 Å². The lowest BCUT2D eigenvalue weighted by molar-refractivity contribution is -0.169. The number of carbonyl (C=O) groups is 1. The van der Waals surface area contributed by atoms with E-state index in [1.807, 2.05) is 12.1 Å². The topological polar surface area (TPSA) is 63.4 Å². The highest BCUT2D eigenvalue weighted by Gasteiger charge is 2.51. The fraction of sp³-hybridized carbons (Fsp3) is 0.724. The molecule has 0 radical (unpaired) electrons. The fourth-order valence-corrected chi connectivity index (χ4v) is 6.17. The number of azo groups is 1. The summed E-state index contributed by atoms with van der Waals surface area (Å²) in [7, 11) is 0. The van der Waals surface area contributed by atoms with Crippen molar-refractivity contribution in [1.82, 2.24) is 0 Å². The van der Waals surface area contributed by atoms with Gasteiger partial charge in [-0.05, 0) is 40.6 Å². The van der Waals surface area contributed by atoms with Crippen LogP contribution in [0.5, 0.6) is 0 Å². The van der Waals surface area contributed by atoms with Gasteiger partial charge in [-0.15, -0.1) is 10.2 Å². The lowest BCUT2D eigenvalue weighted by Gasteiger charge is -2.50. The maximum Gasteiger partial charge on any atom is 0.325 e. The molecule has 0 N–H and O–H groups in total. The van der Waals surface area contributed by atoms with Crippen LogP contribution in [0.3, 0.4) is 0 Å². The van der Waals surface area contributed by atoms with Crippen molar-refractivity contribution in [2.45, 2.75) is 104 Å². The minimum Gasteiger partial charge on any atom is -0.461 e. The van der Waals surface area contributed by atoms with Gasteiger partial charge in [0.2, 0.25) is 5.66 Å². The number of rotatable bonds is 4. The van der Waals surface area contributed by atoms with Crippen LogP contribution in [-0.4, -0.2) is 23.2 Å². The van der Waals surface area contributed by atoms with Gasteiger partial charge in [0, 0.05) is 17.4 Å². The van der Waals surface area contributed by atoms with E-state index in [-0.39, 0.29) is 40.2 Å². The number of hydrogen-bond donors (Lipinski definition) is 0. The summed E-state index contributed by atoms with van der Waals surface area (Å²) in [6.07, 6.45) is 3.37. The van der Waals surface area contributed by atoms with Gasteiger partial charge in [-0.3, -0.25) is 4.79 Å². The highest BCUT2D eigenvalue weighted by atomic mass is 79.9.